The van der Waals surface area contributed by atoms with E-state index < -0.39 is 0 Å². The Morgan fingerprint density at radius 1 is 1.12 bits per heavy atom. The van der Waals surface area contributed by atoms with Crippen molar-refractivity contribution in [2.24, 2.45) is 4.99 Å². The summed E-state index contributed by atoms with van der Waals surface area (Å²) < 4.78 is 0. The fourth-order valence-corrected chi connectivity index (χ4v) is 1.55. The van der Waals surface area contributed by atoms with Gasteiger partial charge in [-0.05, 0) is 30.1 Å². The summed E-state index contributed by atoms with van der Waals surface area (Å²) in [4.78, 5) is 27.9. The molecule has 1 aliphatic heterocycles. The number of rotatable bonds is 3. The first-order valence-corrected chi connectivity index (χ1v) is 5.06. The molecule has 0 spiro atoms. The number of hydrogen-bond acceptors (Lipinski definition) is 3. The molecule has 0 bridgehead atoms. The van der Waals surface area contributed by atoms with Crippen molar-refractivity contribution in [2.75, 3.05) is 4.90 Å². The summed E-state index contributed by atoms with van der Waals surface area (Å²) in [6.07, 6.45) is 2.52. The van der Waals surface area contributed by atoms with Gasteiger partial charge < -0.3 is 0 Å². The first kappa shape index (κ1) is 11.0. The summed E-state index contributed by atoms with van der Waals surface area (Å²) in [5, 5.41) is 0. The zero-order valence-corrected chi connectivity index (χ0v) is 9.09. The maximum atomic E-state index is 11.4. The molecule has 0 N–H and O–H groups in total. The van der Waals surface area contributed by atoms with Crippen molar-refractivity contribution in [3.8, 4) is 0 Å². The molecule has 1 heterocycles. The van der Waals surface area contributed by atoms with Gasteiger partial charge in [-0.15, -0.1) is 0 Å². The molecule has 1 aliphatic rings. The highest BCUT2D eigenvalue weighted by Crippen LogP contribution is 2.19. The third kappa shape index (κ3) is 2.22. The lowest BCUT2D eigenvalue weighted by Gasteiger charge is -2.13. The van der Waals surface area contributed by atoms with Crippen LogP contribution in [0.4, 0.5) is 5.69 Å². The standard InChI is InChI=1S/C13H10N2O2/c1-2-14-9-10-3-5-11(6-4-10)15-12(16)7-8-13(15)17/h3-8H,1,9H2. The summed E-state index contributed by atoms with van der Waals surface area (Å²) in [6.45, 7) is 3.87. The molecular weight excluding hydrogens is 216 g/mol. The molecule has 0 atom stereocenters. The van der Waals surface area contributed by atoms with Crippen LogP contribution in [0, 0.1) is 0 Å². The van der Waals surface area contributed by atoms with Crippen LogP contribution >= 0.6 is 0 Å². The third-order valence-electron chi connectivity index (χ3n) is 2.38. The Hall–Kier alpha value is -2.45. The van der Waals surface area contributed by atoms with Crippen LogP contribution in [0.25, 0.3) is 0 Å². The Kier molecular flexibility index (Phi) is 2.99. The lowest BCUT2D eigenvalue weighted by Crippen LogP contribution is -2.29. The third-order valence-corrected chi connectivity index (χ3v) is 2.38. The maximum absolute atomic E-state index is 11.4. The van der Waals surface area contributed by atoms with E-state index in [1.165, 1.54) is 12.2 Å². The van der Waals surface area contributed by atoms with Gasteiger partial charge in [0.1, 0.15) is 0 Å². The molecule has 0 unspecified atom stereocenters. The quantitative estimate of drug-likeness (QED) is 0.579. The van der Waals surface area contributed by atoms with Crippen LogP contribution in [0.3, 0.4) is 0 Å². The molecule has 4 nitrogen and oxygen atoms in total. The Bertz CT molecular complexity index is 519. The van der Waals surface area contributed by atoms with E-state index in [0.29, 0.717) is 12.2 Å². The van der Waals surface area contributed by atoms with Crippen molar-refractivity contribution in [3.05, 3.63) is 48.6 Å². The topological polar surface area (TPSA) is 49.7 Å². The second-order valence-electron chi connectivity index (χ2n) is 3.49. The number of nitrogens with zero attached hydrogens (tertiary/aromatic N) is 2. The molecule has 0 aromatic heterocycles. The lowest BCUT2D eigenvalue weighted by molar-refractivity contribution is -0.119. The van der Waals surface area contributed by atoms with Gasteiger partial charge in [0, 0.05) is 12.2 Å². The molecule has 1 aromatic carbocycles. The zero-order valence-electron chi connectivity index (χ0n) is 9.09. The normalized spacial score (nSPS) is 14.0. The van der Waals surface area contributed by atoms with E-state index in [4.69, 9.17) is 0 Å². The molecule has 2 rings (SSSR count). The number of benzene rings is 1. The average Bonchev–Trinajstić information content (AvgIpc) is 2.67. The van der Waals surface area contributed by atoms with Crippen molar-refractivity contribution in [1.29, 1.82) is 0 Å². The number of imide groups is 1. The Morgan fingerprint density at radius 2 is 1.71 bits per heavy atom. The molecule has 84 valence electrons. The van der Waals surface area contributed by atoms with Crippen LogP contribution < -0.4 is 4.90 Å². The molecule has 4 heteroatoms. The van der Waals surface area contributed by atoms with E-state index >= 15 is 0 Å². The minimum Gasteiger partial charge on any atom is -0.269 e. The lowest BCUT2D eigenvalue weighted by atomic mass is 10.2. The second-order valence-corrected chi connectivity index (χ2v) is 3.49. The average molecular weight is 226 g/mol. The van der Waals surface area contributed by atoms with E-state index in [-0.39, 0.29) is 11.8 Å². The summed E-state index contributed by atoms with van der Waals surface area (Å²) in [7, 11) is 0. The molecule has 0 saturated heterocycles. The highest BCUT2D eigenvalue weighted by atomic mass is 16.2. The van der Waals surface area contributed by atoms with Crippen LogP contribution in [-0.4, -0.2) is 17.7 Å². The number of aliphatic imine (C=N–C) groups is 1. The number of amides is 2. The molecule has 1 aromatic rings. The minimum absolute atomic E-state index is 0.313. The summed E-state index contributed by atoms with van der Waals surface area (Å²) in [5.74, 6) is 1.82. The monoisotopic (exact) mass is 226 g/mol. The summed E-state index contributed by atoms with van der Waals surface area (Å²) in [5.41, 5.74) is 1.54. The first-order valence-electron chi connectivity index (χ1n) is 5.06. The fourth-order valence-electron chi connectivity index (χ4n) is 1.55. The summed E-state index contributed by atoms with van der Waals surface area (Å²) >= 11 is 0. The van der Waals surface area contributed by atoms with E-state index in [9.17, 15) is 9.59 Å². The number of carbonyl (C=O) groups is 2. The van der Waals surface area contributed by atoms with Crippen LogP contribution in [0.5, 0.6) is 0 Å². The van der Waals surface area contributed by atoms with E-state index in [0.717, 1.165) is 10.5 Å². The molecule has 0 aliphatic carbocycles. The van der Waals surface area contributed by atoms with Gasteiger partial charge in [-0.25, -0.2) is 9.89 Å². The van der Waals surface area contributed by atoms with Crippen LogP contribution in [-0.2, 0) is 16.1 Å². The van der Waals surface area contributed by atoms with Crippen molar-refractivity contribution >= 4 is 23.4 Å². The SMILES string of the molecule is C=C=NCc1ccc(N2C(=O)C=CC2=O)cc1. The van der Waals surface area contributed by atoms with Crippen LogP contribution in [0.15, 0.2) is 48.0 Å². The number of anilines is 1. The first-order chi connectivity index (χ1) is 8.22. The molecule has 2 amide bonds. The number of carbonyl (C=O) groups excluding carboxylic acids is 2. The Labute approximate surface area is 98.6 Å². The Morgan fingerprint density at radius 3 is 2.24 bits per heavy atom. The minimum atomic E-state index is -0.313. The van der Waals surface area contributed by atoms with E-state index in [1.807, 2.05) is 12.1 Å². The van der Waals surface area contributed by atoms with E-state index in [2.05, 4.69) is 17.4 Å². The van der Waals surface area contributed by atoms with Gasteiger partial charge in [0.15, 0.2) is 0 Å². The van der Waals surface area contributed by atoms with Gasteiger partial charge in [-0.1, -0.05) is 12.1 Å². The molecular formula is C13H10N2O2. The zero-order chi connectivity index (χ0) is 12.3. The van der Waals surface area contributed by atoms with Crippen molar-refractivity contribution in [2.45, 2.75) is 6.54 Å². The van der Waals surface area contributed by atoms with Crippen molar-refractivity contribution < 1.29 is 9.59 Å². The van der Waals surface area contributed by atoms with Gasteiger partial charge in [-0.3, -0.25) is 9.59 Å². The second kappa shape index (κ2) is 4.60. The Balaban J connectivity index is 2.21. The maximum Gasteiger partial charge on any atom is 0.258 e. The van der Waals surface area contributed by atoms with Gasteiger partial charge in [-0.2, -0.15) is 0 Å². The van der Waals surface area contributed by atoms with Crippen molar-refractivity contribution in [3.63, 3.8) is 0 Å². The molecule has 0 saturated carbocycles. The number of hydrogen-bond donors (Lipinski definition) is 0. The van der Waals surface area contributed by atoms with Gasteiger partial charge >= 0.3 is 0 Å². The predicted molar refractivity (Wildman–Crippen MR) is 64.8 cm³/mol. The predicted octanol–water partition coefficient (Wildman–Crippen LogP) is 1.47. The van der Waals surface area contributed by atoms with Gasteiger partial charge in [0.2, 0.25) is 0 Å². The highest BCUT2D eigenvalue weighted by Gasteiger charge is 2.24. The fraction of sp³-hybridized carbons (Fsp3) is 0.0769. The smallest absolute Gasteiger partial charge is 0.258 e. The van der Waals surface area contributed by atoms with Crippen LogP contribution in [0.1, 0.15) is 5.56 Å². The highest BCUT2D eigenvalue weighted by molar-refractivity contribution is 6.28. The van der Waals surface area contributed by atoms with Gasteiger partial charge in [0.05, 0.1) is 12.2 Å². The molecule has 0 radical (unpaired) electrons. The van der Waals surface area contributed by atoms with Crippen molar-refractivity contribution in [1.82, 2.24) is 0 Å². The molecule has 17 heavy (non-hydrogen) atoms. The molecule has 0 fully saturated rings. The van der Waals surface area contributed by atoms with E-state index in [1.54, 1.807) is 12.1 Å². The largest absolute Gasteiger partial charge is 0.269 e. The van der Waals surface area contributed by atoms with Gasteiger partial charge in [0.25, 0.3) is 11.8 Å². The van der Waals surface area contributed by atoms with Crippen LogP contribution in [0.2, 0.25) is 0 Å². The summed E-state index contributed by atoms with van der Waals surface area (Å²) in [6, 6.07) is 7.07.